The molecule has 1 aliphatic rings. The fraction of sp³-hybridized carbons (Fsp3) is 1.00. The van der Waals surface area contributed by atoms with E-state index in [-0.39, 0.29) is 0 Å². The molecule has 1 aliphatic carbocycles. The Morgan fingerprint density at radius 2 is 1.89 bits per heavy atom. The van der Waals surface area contributed by atoms with Crippen molar-refractivity contribution in [3.63, 3.8) is 0 Å². The molecule has 0 spiro atoms. The zero-order chi connectivity index (χ0) is 14.3. The SMILES string of the molecule is COCCN(C(C)CNCCC(C)C)C(C)C1CC1. The molecule has 3 nitrogen and oxygen atoms in total. The van der Waals surface area contributed by atoms with Gasteiger partial charge >= 0.3 is 0 Å². The largest absolute Gasteiger partial charge is 0.383 e. The van der Waals surface area contributed by atoms with Crippen molar-refractivity contribution in [2.75, 3.05) is 33.4 Å². The molecule has 19 heavy (non-hydrogen) atoms. The predicted octanol–water partition coefficient (Wildman–Crippen LogP) is 2.76. The van der Waals surface area contributed by atoms with Gasteiger partial charge in [-0.05, 0) is 51.5 Å². The lowest BCUT2D eigenvalue weighted by atomic mass is 10.1. The highest BCUT2D eigenvalue weighted by molar-refractivity contribution is 4.87. The number of nitrogens with zero attached hydrogens (tertiary/aromatic N) is 1. The Morgan fingerprint density at radius 1 is 1.21 bits per heavy atom. The molecule has 0 radical (unpaired) electrons. The van der Waals surface area contributed by atoms with Crippen LogP contribution in [0.25, 0.3) is 0 Å². The fourth-order valence-corrected chi connectivity index (χ4v) is 2.69. The number of ether oxygens (including phenoxy) is 1. The van der Waals surface area contributed by atoms with E-state index in [9.17, 15) is 0 Å². The minimum absolute atomic E-state index is 0.595. The van der Waals surface area contributed by atoms with Crippen LogP contribution in [0.4, 0.5) is 0 Å². The summed E-state index contributed by atoms with van der Waals surface area (Å²) in [7, 11) is 1.80. The lowest BCUT2D eigenvalue weighted by Gasteiger charge is -2.35. The van der Waals surface area contributed by atoms with Crippen molar-refractivity contribution in [1.82, 2.24) is 10.2 Å². The smallest absolute Gasteiger partial charge is 0.0589 e. The van der Waals surface area contributed by atoms with Crippen molar-refractivity contribution in [3.05, 3.63) is 0 Å². The summed E-state index contributed by atoms with van der Waals surface area (Å²) in [5, 5.41) is 3.61. The van der Waals surface area contributed by atoms with E-state index in [2.05, 4.69) is 37.9 Å². The van der Waals surface area contributed by atoms with Crippen molar-refractivity contribution in [1.29, 1.82) is 0 Å². The molecule has 0 aromatic rings. The van der Waals surface area contributed by atoms with Gasteiger partial charge in [-0.1, -0.05) is 13.8 Å². The van der Waals surface area contributed by atoms with Crippen LogP contribution in [-0.2, 0) is 4.74 Å². The van der Waals surface area contributed by atoms with E-state index in [0.29, 0.717) is 12.1 Å². The van der Waals surface area contributed by atoms with Crippen LogP contribution in [-0.4, -0.2) is 50.3 Å². The predicted molar refractivity (Wildman–Crippen MR) is 82.6 cm³/mol. The minimum Gasteiger partial charge on any atom is -0.383 e. The van der Waals surface area contributed by atoms with Crippen molar-refractivity contribution in [2.24, 2.45) is 11.8 Å². The number of hydrogen-bond donors (Lipinski definition) is 1. The average Bonchev–Trinajstić information content (AvgIpc) is 3.18. The van der Waals surface area contributed by atoms with E-state index in [0.717, 1.165) is 38.1 Å². The van der Waals surface area contributed by atoms with Gasteiger partial charge < -0.3 is 10.1 Å². The highest BCUT2D eigenvalue weighted by atomic mass is 16.5. The van der Waals surface area contributed by atoms with Crippen LogP contribution in [0.15, 0.2) is 0 Å². The van der Waals surface area contributed by atoms with Crippen LogP contribution in [0.1, 0.15) is 47.0 Å². The molecule has 2 atom stereocenters. The Kier molecular flexibility index (Phi) is 7.96. The van der Waals surface area contributed by atoms with Gasteiger partial charge in [0, 0.05) is 32.3 Å². The number of nitrogens with one attached hydrogen (secondary N) is 1. The number of hydrogen-bond acceptors (Lipinski definition) is 3. The van der Waals surface area contributed by atoms with Gasteiger partial charge in [-0.25, -0.2) is 0 Å². The number of methoxy groups -OCH3 is 1. The van der Waals surface area contributed by atoms with E-state index in [1.54, 1.807) is 7.11 Å². The highest BCUT2D eigenvalue weighted by Gasteiger charge is 2.33. The van der Waals surface area contributed by atoms with Crippen LogP contribution in [0.3, 0.4) is 0 Å². The first-order valence-electron chi connectivity index (χ1n) is 8.01. The normalized spacial score (nSPS) is 19.1. The van der Waals surface area contributed by atoms with Crippen LogP contribution in [0, 0.1) is 11.8 Å². The lowest BCUT2D eigenvalue weighted by molar-refractivity contribution is 0.0868. The third-order valence-electron chi connectivity index (χ3n) is 4.29. The summed E-state index contributed by atoms with van der Waals surface area (Å²) in [6, 6.07) is 1.30. The lowest BCUT2D eigenvalue weighted by Crippen LogP contribution is -2.47. The molecule has 0 aliphatic heterocycles. The van der Waals surface area contributed by atoms with Gasteiger partial charge in [0.15, 0.2) is 0 Å². The van der Waals surface area contributed by atoms with Gasteiger partial charge in [0.05, 0.1) is 6.61 Å². The second kappa shape index (κ2) is 8.93. The third kappa shape index (κ3) is 6.73. The standard InChI is InChI=1S/C16H34N2O/c1-13(2)8-9-17-12-14(3)18(10-11-19-5)15(4)16-6-7-16/h13-17H,6-12H2,1-5H3. The third-order valence-corrected chi connectivity index (χ3v) is 4.29. The first kappa shape index (κ1) is 16.9. The zero-order valence-corrected chi connectivity index (χ0v) is 13.6. The molecule has 1 N–H and O–H groups in total. The van der Waals surface area contributed by atoms with E-state index >= 15 is 0 Å². The van der Waals surface area contributed by atoms with Crippen molar-refractivity contribution in [3.8, 4) is 0 Å². The molecule has 114 valence electrons. The van der Waals surface area contributed by atoms with Gasteiger partial charge in [-0.2, -0.15) is 0 Å². The van der Waals surface area contributed by atoms with Gasteiger partial charge in [0.25, 0.3) is 0 Å². The second-order valence-electron chi connectivity index (χ2n) is 6.54. The molecule has 2 unspecified atom stereocenters. The fourth-order valence-electron chi connectivity index (χ4n) is 2.69. The minimum atomic E-state index is 0.595. The van der Waals surface area contributed by atoms with Gasteiger partial charge in [0.2, 0.25) is 0 Å². The van der Waals surface area contributed by atoms with Crippen LogP contribution < -0.4 is 5.32 Å². The van der Waals surface area contributed by atoms with Gasteiger partial charge in [-0.3, -0.25) is 4.90 Å². The summed E-state index contributed by atoms with van der Waals surface area (Å²) in [5.74, 6) is 1.72. The van der Waals surface area contributed by atoms with E-state index in [1.165, 1.54) is 19.3 Å². The molecule has 0 aromatic carbocycles. The Morgan fingerprint density at radius 3 is 2.42 bits per heavy atom. The maximum absolute atomic E-state index is 5.27. The summed E-state index contributed by atoms with van der Waals surface area (Å²) in [6.07, 6.45) is 4.10. The van der Waals surface area contributed by atoms with Crippen molar-refractivity contribution >= 4 is 0 Å². The Balaban J connectivity index is 2.30. The molecule has 1 saturated carbocycles. The second-order valence-corrected chi connectivity index (χ2v) is 6.54. The summed E-state index contributed by atoms with van der Waals surface area (Å²) >= 11 is 0. The number of rotatable bonds is 11. The molecular weight excluding hydrogens is 236 g/mol. The molecule has 0 saturated heterocycles. The molecule has 1 rings (SSSR count). The zero-order valence-electron chi connectivity index (χ0n) is 13.6. The Hall–Kier alpha value is -0.120. The molecular formula is C16H34N2O. The van der Waals surface area contributed by atoms with Crippen LogP contribution >= 0.6 is 0 Å². The van der Waals surface area contributed by atoms with Crippen LogP contribution in [0.2, 0.25) is 0 Å². The molecule has 0 bridgehead atoms. The van der Waals surface area contributed by atoms with Gasteiger partial charge in [0.1, 0.15) is 0 Å². The molecule has 0 heterocycles. The highest BCUT2D eigenvalue weighted by Crippen LogP contribution is 2.35. The molecule has 3 heteroatoms. The van der Waals surface area contributed by atoms with E-state index in [1.807, 2.05) is 0 Å². The van der Waals surface area contributed by atoms with E-state index < -0.39 is 0 Å². The maximum Gasteiger partial charge on any atom is 0.0589 e. The topological polar surface area (TPSA) is 24.5 Å². The van der Waals surface area contributed by atoms with Crippen molar-refractivity contribution in [2.45, 2.75) is 59.0 Å². The summed E-state index contributed by atoms with van der Waals surface area (Å²) in [6.45, 7) is 13.4. The Labute approximate surface area is 120 Å². The first-order valence-corrected chi connectivity index (χ1v) is 8.01. The maximum atomic E-state index is 5.27. The quantitative estimate of drug-likeness (QED) is 0.584. The molecule has 0 aromatic heterocycles. The van der Waals surface area contributed by atoms with E-state index in [4.69, 9.17) is 4.74 Å². The molecule has 0 amide bonds. The summed E-state index contributed by atoms with van der Waals surface area (Å²) in [5.41, 5.74) is 0. The summed E-state index contributed by atoms with van der Waals surface area (Å²) in [4.78, 5) is 2.63. The van der Waals surface area contributed by atoms with Gasteiger partial charge in [-0.15, -0.1) is 0 Å². The summed E-state index contributed by atoms with van der Waals surface area (Å²) < 4.78 is 5.27. The first-order chi connectivity index (χ1) is 9.06. The molecule has 1 fully saturated rings. The van der Waals surface area contributed by atoms with Crippen LogP contribution in [0.5, 0.6) is 0 Å². The Bertz CT molecular complexity index is 229. The van der Waals surface area contributed by atoms with Crippen molar-refractivity contribution < 1.29 is 4.74 Å². The monoisotopic (exact) mass is 270 g/mol. The average molecular weight is 270 g/mol.